The average molecular weight is 349 g/mol. The third-order valence-electron chi connectivity index (χ3n) is 3.95. The molecule has 1 fully saturated rings. The molecular formula is C16H17ClN4O3. The van der Waals surface area contributed by atoms with Gasteiger partial charge in [0.05, 0.1) is 23.1 Å². The van der Waals surface area contributed by atoms with Crippen molar-refractivity contribution < 1.29 is 14.7 Å². The largest absolute Gasteiger partial charge is 0.465 e. The number of carboxylic acid groups (broad SMARTS) is 1. The van der Waals surface area contributed by atoms with Crippen LogP contribution in [0.15, 0.2) is 24.3 Å². The molecule has 0 radical (unpaired) electrons. The molecule has 3 rings (SSSR count). The zero-order chi connectivity index (χ0) is 17.3. The van der Waals surface area contributed by atoms with Gasteiger partial charge in [0.15, 0.2) is 0 Å². The number of para-hydroxylation sites is 1. The van der Waals surface area contributed by atoms with Crippen molar-refractivity contribution in [1.82, 2.24) is 15.6 Å². The first-order valence-corrected chi connectivity index (χ1v) is 7.94. The highest BCUT2D eigenvalue weighted by Gasteiger charge is 2.24. The predicted molar refractivity (Wildman–Crippen MR) is 91.6 cm³/mol. The summed E-state index contributed by atoms with van der Waals surface area (Å²) in [5.74, 6) is 0.485. The van der Waals surface area contributed by atoms with Gasteiger partial charge in [-0.2, -0.15) is 0 Å². The van der Waals surface area contributed by atoms with Crippen LogP contribution in [0.1, 0.15) is 18.5 Å². The van der Waals surface area contributed by atoms with Gasteiger partial charge in [0.1, 0.15) is 5.82 Å². The maximum atomic E-state index is 11.7. The summed E-state index contributed by atoms with van der Waals surface area (Å²) >= 11 is 6.24. The number of fused-ring (bicyclic) bond motifs is 1. The second-order valence-electron chi connectivity index (χ2n) is 5.66. The van der Waals surface area contributed by atoms with Crippen LogP contribution in [0.3, 0.4) is 0 Å². The number of piperazine rings is 1. The number of anilines is 1. The van der Waals surface area contributed by atoms with Gasteiger partial charge in [-0.1, -0.05) is 23.7 Å². The van der Waals surface area contributed by atoms with Crippen molar-refractivity contribution in [3.8, 4) is 0 Å². The number of nitrogens with zero attached hydrogens (tertiary/aromatic N) is 2. The molecule has 1 aliphatic heterocycles. The van der Waals surface area contributed by atoms with E-state index in [2.05, 4.69) is 15.6 Å². The second kappa shape index (κ2) is 6.52. The lowest BCUT2D eigenvalue weighted by atomic mass is 10.1. The molecule has 1 aromatic heterocycles. The minimum Gasteiger partial charge on any atom is -0.465 e. The summed E-state index contributed by atoms with van der Waals surface area (Å²) in [5.41, 5.74) is 1.34. The predicted octanol–water partition coefficient (Wildman–Crippen LogP) is 2.15. The standard InChI is InChI=1S/C16H17ClN4O3/c1-9(19-16(23)24)11-7-10-3-2-4-12(17)14(10)20-15(11)21-6-5-18-13(22)8-21/h2-4,7,9,19H,5-6,8H2,1H3,(H,18,22)(H,23,24). The highest BCUT2D eigenvalue weighted by atomic mass is 35.5. The number of pyridine rings is 1. The molecule has 0 spiro atoms. The number of carbonyl (C=O) groups is 2. The molecule has 0 saturated carbocycles. The number of hydrogen-bond acceptors (Lipinski definition) is 4. The Bertz CT molecular complexity index is 811. The van der Waals surface area contributed by atoms with E-state index in [1.165, 1.54) is 0 Å². The molecule has 1 saturated heterocycles. The Morgan fingerprint density at radius 1 is 1.50 bits per heavy atom. The van der Waals surface area contributed by atoms with Crippen molar-refractivity contribution in [2.75, 3.05) is 24.5 Å². The highest BCUT2D eigenvalue weighted by molar-refractivity contribution is 6.35. The smallest absolute Gasteiger partial charge is 0.405 e. The summed E-state index contributed by atoms with van der Waals surface area (Å²) in [6.07, 6.45) is -1.11. The SMILES string of the molecule is CC(NC(=O)O)c1cc2cccc(Cl)c2nc1N1CCNC(=O)C1. The van der Waals surface area contributed by atoms with Gasteiger partial charge in [0.2, 0.25) is 5.91 Å². The number of halogens is 1. The Labute approximate surface area is 143 Å². The normalized spacial score (nSPS) is 15.9. The quantitative estimate of drug-likeness (QED) is 0.790. The minimum absolute atomic E-state index is 0.0906. The molecule has 2 aromatic rings. The van der Waals surface area contributed by atoms with Crippen LogP contribution >= 0.6 is 11.6 Å². The van der Waals surface area contributed by atoms with E-state index in [1.54, 1.807) is 13.0 Å². The van der Waals surface area contributed by atoms with Crippen molar-refractivity contribution in [3.05, 3.63) is 34.9 Å². The van der Waals surface area contributed by atoms with Crippen LogP contribution in [0, 0.1) is 0 Å². The second-order valence-corrected chi connectivity index (χ2v) is 6.06. The Morgan fingerprint density at radius 3 is 3.00 bits per heavy atom. The number of nitrogens with one attached hydrogen (secondary N) is 2. The Hall–Kier alpha value is -2.54. The van der Waals surface area contributed by atoms with Gasteiger partial charge in [0.25, 0.3) is 0 Å². The van der Waals surface area contributed by atoms with E-state index >= 15 is 0 Å². The van der Waals surface area contributed by atoms with Crippen LogP contribution in [-0.4, -0.2) is 41.7 Å². The molecule has 2 amide bonds. The molecule has 0 aliphatic carbocycles. The molecular weight excluding hydrogens is 332 g/mol. The van der Waals surface area contributed by atoms with Crippen LogP contribution in [0.25, 0.3) is 10.9 Å². The Kier molecular flexibility index (Phi) is 4.44. The van der Waals surface area contributed by atoms with E-state index in [-0.39, 0.29) is 12.5 Å². The molecule has 0 bridgehead atoms. The summed E-state index contributed by atoms with van der Waals surface area (Å²) in [6, 6.07) is 6.84. The summed E-state index contributed by atoms with van der Waals surface area (Å²) in [4.78, 5) is 29.2. The van der Waals surface area contributed by atoms with E-state index in [0.717, 1.165) is 5.39 Å². The number of rotatable bonds is 3. The number of aromatic nitrogens is 1. The number of carbonyl (C=O) groups excluding carboxylic acids is 1. The van der Waals surface area contributed by atoms with Crippen molar-refractivity contribution in [3.63, 3.8) is 0 Å². The molecule has 1 unspecified atom stereocenters. The topological polar surface area (TPSA) is 94.6 Å². The maximum Gasteiger partial charge on any atom is 0.405 e. The summed E-state index contributed by atoms with van der Waals surface area (Å²) in [5, 5.41) is 15.6. The molecule has 2 heterocycles. The summed E-state index contributed by atoms with van der Waals surface area (Å²) in [7, 11) is 0. The van der Waals surface area contributed by atoms with E-state index < -0.39 is 12.1 Å². The van der Waals surface area contributed by atoms with Crippen LogP contribution < -0.4 is 15.5 Å². The monoisotopic (exact) mass is 348 g/mol. The number of benzene rings is 1. The van der Waals surface area contributed by atoms with Gasteiger partial charge in [-0.15, -0.1) is 0 Å². The molecule has 1 atom stereocenters. The van der Waals surface area contributed by atoms with E-state index in [1.807, 2.05) is 23.1 Å². The first kappa shape index (κ1) is 16.3. The first-order chi connectivity index (χ1) is 11.5. The van der Waals surface area contributed by atoms with E-state index in [4.69, 9.17) is 16.7 Å². The number of hydrogen-bond donors (Lipinski definition) is 3. The van der Waals surface area contributed by atoms with Crippen molar-refractivity contribution in [2.24, 2.45) is 0 Å². The lowest BCUT2D eigenvalue weighted by molar-refractivity contribution is -0.120. The third kappa shape index (κ3) is 3.21. The Balaban J connectivity index is 2.13. The fourth-order valence-corrected chi connectivity index (χ4v) is 3.05. The summed E-state index contributed by atoms with van der Waals surface area (Å²) < 4.78 is 0. The first-order valence-electron chi connectivity index (χ1n) is 7.56. The van der Waals surface area contributed by atoms with Gasteiger partial charge in [-0.25, -0.2) is 9.78 Å². The zero-order valence-corrected chi connectivity index (χ0v) is 13.8. The van der Waals surface area contributed by atoms with Gasteiger partial charge in [-0.05, 0) is 19.1 Å². The van der Waals surface area contributed by atoms with Crippen LogP contribution in [-0.2, 0) is 4.79 Å². The summed E-state index contributed by atoms with van der Waals surface area (Å²) in [6.45, 7) is 3.04. The molecule has 126 valence electrons. The molecule has 3 N–H and O–H groups in total. The van der Waals surface area contributed by atoms with Crippen molar-refractivity contribution >= 4 is 40.3 Å². The lowest BCUT2D eigenvalue weighted by Gasteiger charge is -2.30. The van der Waals surface area contributed by atoms with Gasteiger partial charge in [-0.3, -0.25) is 4.79 Å². The van der Waals surface area contributed by atoms with Gasteiger partial charge < -0.3 is 20.6 Å². The van der Waals surface area contributed by atoms with Crippen LogP contribution in [0.5, 0.6) is 0 Å². The lowest BCUT2D eigenvalue weighted by Crippen LogP contribution is -2.48. The van der Waals surface area contributed by atoms with Gasteiger partial charge >= 0.3 is 6.09 Å². The zero-order valence-electron chi connectivity index (χ0n) is 13.0. The molecule has 8 heteroatoms. The average Bonchev–Trinajstić information content (AvgIpc) is 2.53. The molecule has 24 heavy (non-hydrogen) atoms. The molecule has 1 aliphatic rings. The fourth-order valence-electron chi connectivity index (χ4n) is 2.82. The van der Waals surface area contributed by atoms with E-state index in [0.29, 0.717) is 35.0 Å². The Morgan fingerprint density at radius 2 is 2.29 bits per heavy atom. The van der Waals surface area contributed by atoms with Crippen LogP contribution in [0.2, 0.25) is 5.02 Å². The van der Waals surface area contributed by atoms with Gasteiger partial charge in [0, 0.05) is 24.0 Å². The third-order valence-corrected chi connectivity index (χ3v) is 4.25. The number of amides is 2. The minimum atomic E-state index is -1.11. The van der Waals surface area contributed by atoms with E-state index in [9.17, 15) is 9.59 Å². The molecule has 1 aromatic carbocycles. The van der Waals surface area contributed by atoms with Crippen molar-refractivity contribution in [1.29, 1.82) is 0 Å². The maximum absolute atomic E-state index is 11.7. The molecule has 7 nitrogen and oxygen atoms in total. The van der Waals surface area contributed by atoms with Crippen molar-refractivity contribution in [2.45, 2.75) is 13.0 Å². The fraction of sp³-hybridized carbons (Fsp3) is 0.312. The van der Waals surface area contributed by atoms with Crippen LogP contribution in [0.4, 0.5) is 10.6 Å². The highest BCUT2D eigenvalue weighted by Crippen LogP contribution is 2.31.